The minimum Gasteiger partial charge on any atom is -0.363 e. The first kappa shape index (κ1) is 12.7. The Kier molecular flexibility index (Phi) is 4.04. The lowest BCUT2D eigenvalue weighted by Crippen LogP contribution is -2.30. The first-order chi connectivity index (χ1) is 7.48. The van der Waals surface area contributed by atoms with Crippen molar-refractivity contribution in [3.63, 3.8) is 0 Å². The van der Waals surface area contributed by atoms with Crippen molar-refractivity contribution in [1.29, 1.82) is 0 Å². The van der Waals surface area contributed by atoms with Gasteiger partial charge in [0, 0.05) is 12.1 Å². The van der Waals surface area contributed by atoms with E-state index in [1.54, 1.807) is 0 Å². The molecule has 0 aliphatic rings. The third-order valence-electron chi connectivity index (χ3n) is 2.42. The van der Waals surface area contributed by atoms with Crippen LogP contribution < -0.4 is 10.6 Å². The van der Waals surface area contributed by atoms with E-state index in [9.17, 15) is 4.39 Å². The third kappa shape index (κ3) is 3.32. The van der Waals surface area contributed by atoms with Crippen molar-refractivity contribution < 1.29 is 4.39 Å². The molecular formula is C11H19FN4. The molecule has 0 aliphatic heterocycles. The zero-order valence-electron chi connectivity index (χ0n) is 10.3. The van der Waals surface area contributed by atoms with Crippen LogP contribution in [0.3, 0.4) is 0 Å². The summed E-state index contributed by atoms with van der Waals surface area (Å²) in [5.41, 5.74) is -0.182. The molecule has 0 fully saturated rings. The Morgan fingerprint density at radius 2 is 2.06 bits per heavy atom. The molecule has 1 aromatic heterocycles. The number of hydrogen-bond acceptors (Lipinski definition) is 4. The first-order valence-corrected chi connectivity index (χ1v) is 5.53. The van der Waals surface area contributed by atoms with E-state index in [2.05, 4.69) is 20.6 Å². The highest BCUT2D eigenvalue weighted by Gasteiger charge is 2.18. The summed E-state index contributed by atoms with van der Waals surface area (Å²) < 4.78 is 13.5. The highest BCUT2D eigenvalue weighted by Crippen LogP contribution is 2.19. The number of aromatic nitrogens is 2. The monoisotopic (exact) mass is 226 g/mol. The van der Waals surface area contributed by atoms with Crippen molar-refractivity contribution in [3.05, 3.63) is 12.0 Å². The van der Waals surface area contributed by atoms with Gasteiger partial charge < -0.3 is 10.6 Å². The Balaban J connectivity index is 2.89. The van der Waals surface area contributed by atoms with E-state index < -0.39 is 5.82 Å². The fraction of sp³-hybridized carbons (Fsp3) is 0.636. The van der Waals surface area contributed by atoms with E-state index in [0.29, 0.717) is 12.5 Å². The van der Waals surface area contributed by atoms with Gasteiger partial charge in [0.15, 0.2) is 11.6 Å². The molecule has 4 nitrogen and oxygen atoms in total. The lowest BCUT2D eigenvalue weighted by molar-refractivity contribution is 0.532. The van der Waals surface area contributed by atoms with Gasteiger partial charge >= 0.3 is 0 Å². The van der Waals surface area contributed by atoms with Crippen LogP contribution in [-0.4, -0.2) is 22.1 Å². The topological polar surface area (TPSA) is 49.8 Å². The molecule has 0 spiro atoms. The molecule has 0 aliphatic carbocycles. The summed E-state index contributed by atoms with van der Waals surface area (Å²) in [5, 5.41) is 6.02. The predicted molar refractivity (Wildman–Crippen MR) is 64.1 cm³/mol. The summed E-state index contributed by atoms with van der Waals surface area (Å²) in [6, 6.07) is 0. The van der Waals surface area contributed by atoms with Crippen molar-refractivity contribution in [1.82, 2.24) is 9.97 Å². The van der Waals surface area contributed by atoms with E-state index in [-0.39, 0.29) is 11.4 Å². The molecule has 0 bridgehead atoms. The molecule has 0 unspecified atom stereocenters. The van der Waals surface area contributed by atoms with Crippen LogP contribution in [0.1, 0.15) is 34.1 Å². The van der Waals surface area contributed by atoms with Crippen LogP contribution in [0.25, 0.3) is 0 Å². The summed E-state index contributed by atoms with van der Waals surface area (Å²) in [6.07, 6.45) is 2.06. The molecule has 1 aromatic rings. The van der Waals surface area contributed by atoms with E-state index in [1.165, 1.54) is 6.20 Å². The van der Waals surface area contributed by atoms with E-state index in [0.717, 1.165) is 6.42 Å². The molecule has 1 heterocycles. The largest absolute Gasteiger partial charge is 0.363 e. The molecule has 1 rings (SSSR count). The van der Waals surface area contributed by atoms with Crippen LogP contribution in [0.5, 0.6) is 0 Å². The van der Waals surface area contributed by atoms with Crippen LogP contribution in [-0.2, 0) is 0 Å². The zero-order chi connectivity index (χ0) is 12.2. The van der Waals surface area contributed by atoms with E-state index in [4.69, 9.17) is 0 Å². The Morgan fingerprint density at radius 1 is 1.38 bits per heavy atom. The van der Waals surface area contributed by atoms with Crippen molar-refractivity contribution in [2.75, 3.05) is 17.2 Å². The van der Waals surface area contributed by atoms with Gasteiger partial charge in [0.25, 0.3) is 0 Å². The van der Waals surface area contributed by atoms with Crippen LogP contribution in [0.15, 0.2) is 6.20 Å². The maximum Gasteiger partial charge on any atom is 0.224 e. The Labute approximate surface area is 95.7 Å². The number of anilines is 2. The molecule has 2 N–H and O–H groups in total. The van der Waals surface area contributed by atoms with Crippen molar-refractivity contribution >= 4 is 11.8 Å². The maximum atomic E-state index is 13.5. The second-order valence-electron chi connectivity index (χ2n) is 4.28. The lowest BCUT2D eigenvalue weighted by Gasteiger charge is -2.25. The predicted octanol–water partition coefficient (Wildman–Crippen LogP) is 2.65. The molecule has 90 valence electrons. The van der Waals surface area contributed by atoms with Gasteiger partial charge in [-0.05, 0) is 27.2 Å². The molecule has 0 atom stereocenters. The van der Waals surface area contributed by atoms with Gasteiger partial charge in [-0.2, -0.15) is 4.98 Å². The van der Waals surface area contributed by atoms with Crippen molar-refractivity contribution in [2.45, 2.75) is 39.7 Å². The zero-order valence-corrected chi connectivity index (χ0v) is 10.3. The minimum atomic E-state index is -0.428. The van der Waals surface area contributed by atoms with Crippen molar-refractivity contribution in [2.24, 2.45) is 0 Å². The smallest absolute Gasteiger partial charge is 0.224 e. The highest BCUT2D eigenvalue weighted by molar-refractivity contribution is 5.42. The Morgan fingerprint density at radius 3 is 2.62 bits per heavy atom. The Bertz CT molecular complexity index is 352. The number of nitrogens with zero attached hydrogens (tertiary/aromatic N) is 2. The number of halogens is 1. The van der Waals surface area contributed by atoms with Crippen LogP contribution in [0.4, 0.5) is 16.2 Å². The number of nitrogens with one attached hydrogen (secondary N) is 2. The highest BCUT2D eigenvalue weighted by atomic mass is 19.1. The average Bonchev–Trinajstić information content (AvgIpc) is 2.23. The molecular weight excluding hydrogens is 207 g/mol. The molecule has 16 heavy (non-hydrogen) atoms. The maximum absolute atomic E-state index is 13.5. The average molecular weight is 226 g/mol. The van der Waals surface area contributed by atoms with E-state index >= 15 is 0 Å². The third-order valence-corrected chi connectivity index (χ3v) is 2.42. The normalized spacial score (nSPS) is 11.3. The fourth-order valence-electron chi connectivity index (χ4n) is 1.11. The SMILES string of the molecule is CCNc1ncc(F)c(NC(C)(C)CC)n1. The van der Waals surface area contributed by atoms with Gasteiger partial charge in [-0.25, -0.2) is 9.37 Å². The lowest BCUT2D eigenvalue weighted by atomic mass is 10.0. The molecule has 0 radical (unpaired) electrons. The van der Waals surface area contributed by atoms with E-state index in [1.807, 2.05) is 27.7 Å². The van der Waals surface area contributed by atoms with Crippen LogP contribution in [0.2, 0.25) is 0 Å². The van der Waals surface area contributed by atoms with Gasteiger partial charge in [-0.15, -0.1) is 0 Å². The van der Waals surface area contributed by atoms with Gasteiger partial charge in [0.1, 0.15) is 0 Å². The van der Waals surface area contributed by atoms with Gasteiger partial charge in [-0.3, -0.25) is 0 Å². The number of rotatable bonds is 5. The second kappa shape index (κ2) is 5.09. The summed E-state index contributed by atoms with van der Waals surface area (Å²) >= 11 is 0. The molecule has 0 saturated heterocycles. The first-order valence-electron chi connectivity index (χ1n) is 5.53. The summed E-state index contributed by atoms with van der Waals surface area (Å²) in [6.45, 7) is 8.69. The van der Waals surface area contributed by atoms with Crippen LogP contribution >= 0.6 is 0 Å². The molecule has 0 aromatic carbocycles. The summed E-state index contributed by atoms with van der Waals surface area (Å²) in [4.78, 5) is 7.93. The van der Waals surface area contributed by atoms with Crippen LogP contribution in [0, 0.1) is 5.82 Å². The van der Waals surface area contributed by atoms with Gasteiger partial charge in [0.2, 0.25) is 5.95 Å². The standard InChI is InChI=1S/C11H19FN4/c1-5-11(3,4)16-9-8(12)7-14-10(15-9)13-6-2/h7H,5-6H2,1-4H3,(H2,13,14,15,16). The molecule has 0 amide bonds. The van der Waals surface area contributed by atoms with Crippen molar-refractivity contribution in [3.8, 4) is 0 Å². The van der Waals surface area contributed by atoms with Gasteiger partial charge in [-0.1, -0.05) is 6.92 Å². The van der Waals surface area contributed by atoms with Gasteiger partial charge in [0.05, 0.1) is 6.20 Å². The summed E-state index contributed by atoms with van der Waals surface area (Å²) in [7, 11) is 0. The summed E-state index contributed by atoms with van der Waals surface area (Å²) in [5.74, 6) is 0.263. The second-order valence-corrected chi connectivity index (χ2v) is 4.28. The minimum absolute atomic E-state index is 0.182. The number of hydrogen-bond donors (Lipinski definition) is 2. The Hall–Kier alpha value is -1.39. The quantitative estimate of drug-likeness (QED) is 0.810. The molecule has 0 saturated carbocycles. The fourth-order valence-corrected chi connectivity index (χ4v) is 1.11. The molecule has 5 heteroatoms.